The third kappa shape index (κ3) is 5.61. The number of aromatic nitrogens is 1. The number of urea groups is 1. The van der Waals surface area contributed by atoms with Crippen LogP contribution in [-0.2, 0) is 11.3 Å². The van der Waals surface area contributed by atoms with Crippen LogP contribution in [0.3, 0.4) is 0 Å². The number of nitrogens with two attached hydrogens (primary N) is 1. The molecule has 3 rings (SSSR count). The van der Waals surface area contributed by atoms with Gasteiger partial charge in [-0.05, 0) is 30.3 Å². The van der Waals surface area contributed by atoms with Crippen LogP contribution in [0.25, 0.3) is 10.9 Å². The van der Waals surface area contributed by atoms with Crippen molar-refractivity contribution in [3.63, 3.8) is 0 Å². The van der Waals surface area contributed by atoms with E-state index in [0.717, 1.165) is 22.2 Å². The van der Waals surface area contributed by atoms with Crippen LogP contribution in [0.1, 0.15) is 12.5 Å². The van der Waals surface area contributed by atoms with Crippen LogP contribution in [0.2, 0.25) is 0 Å². The smallest absolute Gasteiger partial charge is 0.332 e. The Morgan fingerprint density at radius 3 is 2.65 bits per heavy atom. The number of hydrogen-bond donors (Lipinski definition) is 3. The number of aliphatic hydroxyl groups excluding tert-OH is 1. The number of aliphatic hydroxyl groups is 1. The Kier molecular flexibility index (Phi) is 6.88. The topological polar surface area (TPSA) is 122 Å². The molecule has 0 bridgehead atoms. The van der Waals surface area contributed by atoms with Crippen molar-refractivity contribution in [2.75, 3.05) is 18.6 Å². The zero-order chi connectivity index (χ0) is 22.4. The van der Waals surface area contributed by atoms with Crippen molar-refractivity contribution in [1.82, 2.24) is 9.99 Å². The maximum atomic E-state index is 11.4. The Morgan fingerprint density at radius 2 is 1.97 bits per heavy atom. The molecular formula is C22H25N5O4. The number of benzene rings is 2. The Bertz CT molecular complexity index is 1090. The van der Waals surface area contributed by atoms with Gasteiger partial charge in [0.25, 0.3) is 0 Å². The monoisotopic (exact) mass is 423 g/mol. The second-order valence-electron chi connectivity index (χ2n) is 7.02. The van der Waals surface area contributed by atoms with Crippen LogP contribution < -0.4 is 20.8 Å². The molecule has 31 heavy (non-hydrogen) atoms. The van der Waals surface area contributed by atoms with Crippen LogP contribution in [0.15, 0.2) is 59.8 Å². The van der Waals surface area contributed by atoms with Gasteiger partial charge >= 0.3 is 6.03 Å². The molecule has 3 aromatic rings. The first-order valence-corrected chi connectivity index (χ1v) is 9.66. The van der Waals surface area contributed by atoms with E-state index in [1.54, 1.807) is 31.3 Å². The van der Waals surface area contributed by atoms with E-state index in [4.69, 9.17) is 10.5 Å². The summed E-state index contributed by atoms with van der Waals surface area (Å²) in [5, 5.41) is 15.2. The number of amides is 3. The molecule has 0 saturated heterocycles. The average Bonchev–Trinajstić information content (AvgIpc) is 3.09. The van der Waals surface area contributed by atoms with Crippen molar-refractivity contribution in [2.45, 2.75) is 19.6 Å². The number of fused-ring (bicyclic) bond motifs is 1. The van der Waals surface area contributed by atoms with Crippen LogP contribution in [-0.4, -0.2) is 47.6 Å². The summed E-state index contributed by atoms with van der Waals surface area (Å²) in [6, 6.07) is 14.0. The largest absolute Gasteiger partial charge is 0.491 e. The van der Waals surface area contributed by atoms with Gasteiger partial charge in [0, 0.05) is 42.3 Å². The maximum absolute atomic E-state index is 11.4. The highest BCUT2D eigenvalue weighted by molar-refractivity contribution is 5.99. The summed E-state index contributed by atoms with van der Waals surface area (Å²) >= 11 is 0. The first-order chi connectivity index (χ1) is 14.8. The lowest BCUT2D eigenvalue weighted by Crippen LogP contribution is -2.24. The average molecular weight is 423 g/mol. The van der Waals surface area contributed by atoms with Crippen molar-refractivity contribution >= 4 is 34.7 Å². The minimum Gasteiger partial charge on any atom is -0.491 e. The van der Waals surface area contributed by atoms with Crippen molar-refractivity contribution in [3.05, 3.63) is 60.3 Å². The summed E-state index contributed by atoms with van der Waals surface area (Å²) in [6.07, 6.45) is 2.59. The van der Waals surface area contributed by atoms with E-state index in [1.165, 1.54) is 18.0 Å². The number of hydrazone groups is 1. The van der Waals surface area contributed by atoms with Gasteiger partial charge < -0.3 is 25.0 Å². The van der Waals surface area contributed by atoms with Crippen LogP contribution >= 0.6 is 0 Å². The molecule has 0 aliphatic heterocycles. The molecule has 2 aromatic carbocycles. The molecule has 0 aliphatic carbocycles. The number of primary amides is 1. The molecule has 0 radical (unpaired) electrons. The first kappa shape index (κ1) is 21.8. The standard InChI is InChI=1S/C22H25N5O4/c1-15(28)26(2)17-7-9-19(10-8-17)31-14-18(29)13-27-12-16(11-24-25-22(23)30)20-5-3-4-6-21(20)27/h3-12,18,29H,13-14H2,1-2H3,(H3,23,25,30)/t18-/m1/s1. The maximum Gasteiger partial charge on any atom is 0.332 e. The second-order valence-corrected chi connectivity index (χ2v) is 7.02. The van der Waals surface area contributed by atoms with E-state index in [1.807, 2.05) is 35.0 Å². The van der Waals surface area contributed by atoms with Gasteiger partial charge in [-0.1, -0.05) is 18.2 Å². The molecular weight excluding hydrogens is 398 g/mol. The van der Waals surface area contributed by atoms with Gasteiger partial charge in [0.2, 0.25) is 5.91 Å². The number of hydrogen-bond acceptors (Lipinski definition) is 5. The van der Waals surface area contributed by atoms with E-state index in [2.05, 4.69) is 10.5 Å². The zero-order valence-electron chi connectivity index (χ0n) is 17.4. The molecule has 1 aromatic heterocycles. The summed E-state index contributed by atoms with van der Waals surface area (Å²) in [6.45, 7) is 1.90. The highest BCUT2D eigenvalue weighted by Crippen LogP contribution is 2.21. The number of nitrogens with one attached hydrogen (secondary N) is 1. The number of para-hydroxylation sites is 1. The molecule has 0 aliphatic rings. The fourth-order valence-corrected chi connectivity index (χ4v) is 3.11. The third-order valence-corrected chi connectivity index (χ3v) is 4.74. The Morgan fingerprint density at radius 1 is 1.26 bits per heavy atom. The predicted molar refractivity (Wildman–Crippen MR) is 119 cm³/mol. The van der Waals surface area contributed by atoms with Gasteiger partial charge in [-0.2, -0.15) is 5.10 Å². The molecule has 9 nitrogen and oxygen atoms in total. The van der Waals surface area contributed by atoms with E-state index >= 15 is 0 Å². The van der Waals surface area contributed by atoms with Gasteiger partial charge in [0.05, 0.1) is 12.8 Å². The van der Waals surface area contributed by atoms with E-state index < -0.39 is 12.1 Å². The molecule has 9 heteroatoms. The lowest BCUT2D eigenvalue weighted by atomic mass is 10.2. The Hall–Kier alpha value is -3.85. The van der Waals surface area contributed by atoms with Crippen molar-refractivity contribution in [3.8, 4) is 5.75 Å². The molecule has 0 spiro atoms. The van der Waals surface area contributed by atoms with Crippen molar-refractivity contribution in [1.29, 1.82) is 0 Å². The number of carbonyl (C=O) groups is 2. The summed E-state index contributed by atoms with van der Waals surface area (Å²) in [5.41, 5.74) is 9.66. The van der Waals surface area contributed by atoms with Gasteiger partial charge in [-0.3, -0.25) is 4.79 Å². The predicted octanol–water partition coefficient (Wildman–Crippen LogP) is 2.07. The molecule has 4 N–H and O–H groups in total. The highest BCUT2D eigenvalue weighted by atomic mass is 16.5. The molecule has 0 unspecified atom stereocenters. The van der Waals surface area contributed by atoms with Gasteiger partial charge in [0.1, 0.15) is 18.5 Å². The lowest BCUT2D eigenvalue weighted by Gasteiger charge is -2.16. The van der Waals surface area contributed by atoms with E-state index in [9.17, 15) is 14.7 Å². The lowest BCUT2D eigenvalue weighted by molar-refractivity contribution is -0.116. The quantitative estimate of drug-likeness (QED) is 0.379. The minimum atomic E-state index is -0.760. The third-order valence-electron chi connectivity index (χ3n) is 4.74. The summed E-state index contributed by atoms with van der Waals surface area (Å²) in [5.74, 6) is 0.542. The Balaban J connectivity index is 1.65. The van der Waals surface area contributed by atoms with Gasteiger partial charge in [0.15, 0.2) is 0 Å². The molecule has 1 atom stereocenters. The van der Waals surface area contributed by atoms with Crippen LogP contribution in [0.4, 0.5) is 10.5 Å². The SMILES string of the molecule is CC(=O)N(C)c1ccc(OC[C@H](O)Cn2cc(C=NNC(N)=O)c3ccccc32)cc1. The first-order valence-electron chi connectivity index (χ1n) is 9.66. The number of anilines is 1. The van der Waals surface area contributed by atoms with Gasteiger partial charge in [-0.25, -0.2) is 10.2 Å². The molecule has 0 saturated carbocycles. The van der Waals surface area contributed by atoms with Crippen molar-refractivity contribution in [2.24, 2.45) is 10.8 Å². The Labute approximate surface area is 179 Å². The zero-order valence-corrected chi connectivity index (χ0v) is 17.4. The second kappa shape index (κ2) is 9.77. The number of ether oxygens (including phenoxy) is 1. The van der Waals surface area contributed by atoms with Gasteiger partial charge in [-0.15, -0.1) is 0 Å². The minimum absolute atomic E-state index is 0.0575. The number of nitrogens with zero attached hydrogens (tertiary/aromatic N) is 3. The molecule has 1 heterocycles. The van der Waals surface area contributed by atoms with E-state index in [0.29, 0.717) is 12.3 Å². The van der Waals surface area contributed by atoms with Crippen LogP contribution in [0, 0.1) is 0 Å². The summed E-state index contributed by atoms with van der Waals surface area (Å²) in [4.78, 5) is 23.8. The van der Waals surface area contributed by atoms with Crippen molar-refractivity contribution < 1.29 is 19.4 Å². The van der Waals surface area contributed by atoms with E-state index in [-0.39, 0.29) is 12.5 Å². The molecule has 162 valence electrons. The fraction of sp³-hybridized carbons (Fsp3) is 0.227. The summed E-state index contributed by atoms with van der Waals surface area (Å²) < 4.78 is 7.59. The molecule has 0 fully saturated rings. The normalized spacial score (nSPS) is 12.1. The fourth-order valence-electron chi connectivity index (χ4n) is 3.11. The number of carbonyl (C=O) groups excluding carboxylic acids is 2. The highest BCUT2D eigenvalue weighted by Gasteiger charge is 2.12. The number of rotatable bonds is 8. The molecule has 3 amide bonds. The van der Waals surface area contributed by atoms with Crippen LogP contribution in [0.5, 0.6) is 5.75 Å². The summed E-state index contributed by atoms with van der Waals surface area (Å²) in [7, 11) is 1.70.